The van der Waals surface area contributed by atoms with Gasteiger partial charge >= 0.3 is 12.2 Å². The van der Waals surface area contributed by atoms with Gasteiger partial charge in [0.2, 0.25) is 5.91 Å². The number of carbonyl (C=O) groups is 2. The third-order valence-electron chi connectivity index (χ3n) is 6.81. The molecule has 3 heterocycles. The van der Waals surface area contributed by atoms with Gasteiger partial charge in [-0.05, 0) is 76.2 Å². The van der Waals surface area contributed by atoms with E-state index >= 15 is 0 Å². The first-order valence-corrected chi connectivity index (χ1v) is 13.4. The van der Waals surface area contributed by atoms with E-state index in [1.54, 1.807) is 0 Å². The van der Waals surface area contributed by atoms with Crippen LogP contribution in [0.15, 0.2) is 48.7 Å². The van der Waals surface area contributed by atoms with Crippen LogP contribution in [0.4, 0.5) is 45.5 Å². The lowest BCUT2D eigenvalue weighted by molar-refractivity contribution is -0.137. The van der Waals surface area contributed by atoms with Gasteiger partial charge in [0.15, 0.2) is 11.6 Å². The number of likely N-dealkylation sites (tertiary alicyclic amines) is 1. The summed E-state index contributed by atoms with van der Waals surface area (Å²) in [5.74, 6) is -0.941. The van der Waals surface area contributed by atoms with Gasteiger partial charge < -0.3 is 25.6 Å². The minimum Gasteiger partial charge on any atom is -0.454 e. The Kier molecular flexibility index (Phi) is 8.43. The highest BCUT2D eigenvalue weighted by Gasteiger charge is 2.32. The van der Waals surface area contributed by atoms with E-state index in [-0.39, 0.29) is 52.5 Å². The topological polar surface area (TPSA) is 121 Å². The summed E-state index contributed by atoms with van der Waals surface area (Å²) in [6, 6.07) is 7.25. The average Bonchev–Trinajstić information content (AvgIpc) is 3.77. The summed E-state index contributed by atoms with van der Waals surface area (Å²) < 4.78 is 61.0. The number of piperidine rings is 1. The zero-order valence-corrected chi connectivity index (χ0v) is 22.6. The van der Waals surface area contributed by atoms with Crippen LogP contribution in [-0.2, 0) is 11.0 Å². The average molecular weight is 588 g/mol. The van der Waals surface area contributed by atoms with Crippen LogP contribution in [0, 0.1) is 11.7 Å². The number of hydrogen-bond donors (Lipinski definition) is 4. The quantitative estimate of drug-likeness (QED) is 0.241. The highest BCUT2D eigenvalue weighted by Crippen LogP contribution is 2.33. The summed E-state index contributed by atoms with van der Waals surface area (Å²) in [5, 5.41) is 10.4. The maximum Gasteiger partial charge on any atom is 0.416 e. The molecule has 3 aromatic rings. The summed E-state index contributed by atoms with van der Waals surface area (Å²) in [4.78, 5) is 34.9. The van der Waals surface area contributed by atoms with E-state index in [4.69, 9.17) is 4.74 Å². The predicted octanol–water partition coefficient (Wildman–Crippen LogP) is 5.93. The van der Waals surface area contributed by atoms with Crippen molar-refractivity contribution < 1.29 is 31.9 Å². The summed E-state index contributed by atoms with van der Waals surface area (Å²) in [5.41, 5.74) is -0.941. The Hall–Kier alpha value is -4.46. The van der Waals surface area contributed by atoms with Gasteiger partial charge in [0.25, 0.3) is 0 Å². The Morgan fingerprint density at radius 2 is 1.67 bits per heavy atom. The number of anilines is 4. The van der Waals surface area contributed by atoms with E-state index in [2.05, 4.69) is 36.1 Å². The molecule has 1 saturated carbocycles. The lowest BCUT2D eigenvalue weighted by atomic mass is 10.1. The highest BCUT2D eigenvalue weighted by molar-refractivity contribution is 5.99. The normalized spacial score (nSPS) is 16.0. The fraction of sp³-hybridized carbons (Fsp3) is 0.357. The summed E-state index contributed by atoms with van der Waals surface area (Å²) in [7, 11) is 1.97. The van der Waals surface area contributed by atoms with E-state index in [9.17, 15) is 27.2 Å². The van der Waals surface area contributed by atoms with Crippen molar-refractivity contribution in [3.8, 4) is 11.5 Å². The molecule has 1 aromatic carbocycles. The Morgan fingerprint density at radius 3 is 2.36 bits per heavy atom. The minimum atomic E-state index is -4.66. The zero-order chi connectivity index (χ0) is 29.9. The number of amides is 3. The standard InChI is InChI=1S/C28H29F4N7O3/c1-39-10-7-18(8-11-39)34-24-12-17(28(30,31)32)13-25(36-24)38-27(41)35-19-4-5-22(21(29)14-19)42-20-6-9-33-23(15-20)37-26(40)16-2-3-16/h4-6,9,12-16,18H,2-3,7-8,10-11H2,1H3,(H,33,37,40)(H3,34,35,36,38,41). The van der Waals surface area contributed by atoms with Crippen molar-refractivity contribution in [3.05, 3.63) is 60.0 Å². The van der Waals surface area contributed by atoms with Gasteiger partial charge in [0.1, 0.15) is 23.2 Å². The van der Waals surface area contributed by atoms with E-state index in [1.165, 1.54) is 30.5 Å². The number of aromatic nitrogens is 2. The van der Waals surface area contributed by atoms with Crippen LogP contribution < -0.4 is 26.0 Å². The van der Waals surface area contributed by atoms with Gasteiger partial charge in [0.05, 0.1) is 5.56 Å². The number of halogens is 4. The molecular formula is C28H29F4N7O3. The molecule has 0 unspecified atom stereocenters. The van der Waals surface area contributed by atoms with Gasteiger partial charge in [-0.3, -0.25) is 10.1 Å². The second-order valence-electron chi connectivity index (χ2n) is 10.3. The predicted molar refractivity (Wildman–Crippen MR) is 148 cm³/mol. The van der Waals surface area contributed by atoms with E-state index in [0.717, 1.165) is 57.0 Å². The molecule has 2 aliphatic rings. The van der Waals surface area contributed by atoms with Crippen molar-refractivity contribution in [2.24, 2.45) is 5.92 Å². The molecule has 1 saturated heterocycles. The number of pyridine rings is 2. The summed E-state index contributed by atoms with van der Waals surface area (Å²) in [6.07, 6.45) is -0.106. The van der Waals surface area contributed by atoms with Crippen molar-refractivity contribution in [3.63, 3.8) is 0 Å². The van der Waals surface area contributed by atoms with Gasteiger partial charge in [-0.2, -0.15) is 13.2 Å². The number of alkyl halides is 3. The van der Waals surface area contributed by atoms with Crippen molar-refractivity contribution in [2.45, 2.75) is 37.9 Å². The van der Waals surface area contributed by atoms with Crippen LogP contribution in [-0.4, -0.2) is 53.0 Å². The Morgan fingerprint density at radius 1 is 0.929 bits per heavy atom. The molecule has 1 aliphatic carbocycles. The molecule has 2 fully saturated rings. The van der Waals surface area contributed by atoms with Gasteiger partial charge in [-0.1, -0.05) is 0 Å². The smallest absolute Gasteiger partial charge is 0.416 e. The van der Waals surface area contributed by atoms with E-state index in [0.29, 0.717) is 0 Å². The molecule has 2 aromatic heterocycles. The van der Waals surface area contributed by atoms with Gasteiger partial charge in [-0.25, -0.2) is 19.2 Å². The van der Waals surface area contributed by atoms with Gasteiger partial charge in [0, 0.05) is 36.0 Å². The number of nitrogens with zero attached hydrogens (tertiary/aromatic N) is 3. The second kappa shape index (κ2) is 12.2. The molecule has 0 atom stereocenters. The molecule has 4 N–H and O–H groups in total. The first-order chi connectivity index (χ1) is 20.0. The highest BCUT2D eigenvalue weighted by atomic mass is 19.4. The third kappa shape index (κ3) is 7.84. The van der Waals surface area contributed by atoms with Crippen LogP contribution in [0.5, 0.6) is 11.5 Å². The van der Waals surface area contributed by atoms with Crippen molar-refractivity contribution in [2.75, 3.05) is 41.4 Å². The van der Waals surface area contributed by atoms with Crippen molar-refractivity contribution >= 4 is 35.1 Å². The number of rotatable bonds is 8. The zero-order valence-electron chi connectivity index (χ0n) is 22.6. The monoisotopic (exact) mass is 587 g/mol. The molecule has 42 heavy (non-hydrogen) atoms. The van der Waals surface area contributed by atoms with Crippen LogP contribution in [0.2, 0.25) is 0 Å². The number of ether oxygens (including phenoxy) is 1. The second-order valence-corrected chi connectivity index (χ2v) is 10.3. The summed E-state index contributed by atoms with van der Waals surface area (Å²) >= 11 is 0. The first kappa shape index (κ1) is 29.0. The van der Waals surface area contributed by atoms with Crippen LogP contribution in [0.1, 0.15) is 31.2 Å². The van der Waals surface area contributed by atoms with Crippen LogP contribution in [0.3, 0.4) is 0 Å². The SMILES string of the molecule is CN1CCC(Nc2cc(C(F)(F)F)cc(NC(=O)Nc3ccc(Oc4ccnc(NC(=O)C5CC5)c4)c(F)c3)n2)CC1. The fourth-order valence-electron chi connectivity index (χ4n) is 4.38. The Bertz CT molecular complexity index is 1460. The molecular weight excluding hydrogens is 558 g/mol. The van der Waals surface area contributed by atoms with Gasteiger partial charge in [-0.15, -0.1) is 0 Å². The van der Waals surface area contributed by atoms with Crippen LogP contribution in [0.25, 0.3) is 0 Å². The third-order valence-corrected chi connectivity index (χ3v) is 6.81. The Balaban J connectivity index is 1.22. The molecule has 10 nitrogen and oxygen atoms in total. The van der Waals surface area contributed by atoms with E-state index in [1.807, 2.05) is 7.05 Å². The van der Waals surface area contributed by atoms with Crippen molar-refractivity contribution in [1.82, 2.24) is 14.9 Å². The molecule has 14 heteroatoms. The van der Waals surface area contributed by atoms with Crippen molar-refractivity contribution in [1.29, 1.82) is 0 Å². The largest absolute Gasteiger partial charge is 0.454 e. The van der Waals surface area contributed by atoms with Crippen LogP contribution >= 0.6 is 0 Å². The molecule has 0 spiro atoms. The maximum atomic E-state index is 14.8. The lowest BCUT2D eigenvalue weighted by Gasteiger charge is -2.30. The fourth-order valence-corrected chi connectivity index (χ4v) is 4.38. The number of nitrogens with one attached hydrogen (secondary N) is 4. The molecule has 0 bridgehead atoms. The number of urea groups is 1. The molecule has 1 aliphatic heterocycles. The molecule has 0 radical (unpaired) electrons. The lowest BCUT2D eigenvalue weighted by Crippen LogP contribution is -2.37. The number of hydrogen-bond acceptors (Lipinski definition) is 7. The Labute approximate surface area is 238 Å². The number of carbonyl (C=O) groups excluding carboxylic acids is 2. The van der Waals surface area contributed by atoms with E-state index < -0.39 is 23.6 Å². The number of benzene rings is 1. The minimum absolute atomic E-state index is 0.00593. The first-order valence-electron chi connectivity index (χ1n) is 13.4. The molecule has 222 valence electrons. The maximum absolute atomic E-state index is 14.8. The molecule has 5 rings (SSSR count). The molecule has 3 amide bonds. The summed E-state index contributed by atoms with van der Waals surface area (Å²) in [6.45, 7) is 1.60.